The van der Waals surface area contributed by atoms with Gasteiger partial charge in [0.25, 0.3) is 5.91 Å². The van der Waals surface area contributed by atoms with Crippen LogP contribution in [0.5, 0.6) is 0 Å². The van der Waals surface area contributed by atoms with E-state index in [1.54, 1.807) is 0 Å². The zero-order chi connectivity index (χ0) is 17.7. The zero-order valence-corrected chi connectivity index (χ0v) is 15.3. The molecule has 2 heterocycles. The first kappa shape index (κ1) is 16.1. The van der Waals surface area contributed by atoms with Gasteiger partial charge in [0, 0.05) is 23.2 Å². The van der Waals surface area contributed by atoms with Gasteiger partial charge in [-0.05, 0) is 37.7 Å². The highest BCUT2D eigenvalue weighted by Gasteiger charge is 2.54. The predicted octanol–water partition coefficient (Wildman–Crippen LogP) is 4.49. The van der Waals surface area contributed by atoms with Crippen LogP contribution in [0, 0.1) is 18.8 Å². The van der Waals surface area contributed by atoms with Crippen LogP contribution < -0.4 is 0 Å². The molecule has 0 radical (unpaired) electrons. The van der Waals surface area contributed by atoms with Gasteiger partial charge < -0.3 is 9.64 Å². The fourth-order valence-electron chi connectivity index (χ4n) is 5.15. The SMILES string of the molecule is Cc1ccc([C@]23OC[C@H]4CCCC[C@H]4CN2C(=O)c2ccccc23)cc1. The summed E-state index contributed by atoms with van der Waals surface area (Å²) >= 11 is 0. The van der Waals surface area contributed by atoms with Crippen molar-refractivity contribution in [2.45, 2.75) is 38.3 Å². The van der Waals surface area contributed by atoms with Gasteiger partial charge in [0.05, 0.1) is 6.61 Å². The van der Waals surface area contributed by atoms with Gasteiger partial charge in [0.1, 0.15) is 0 Å². The molecule has 0 aromatic heterocycles. The predicted molar refractivity (Wildman–Crippen MR) is 101 cm³/mol. The van der Waals surface area contributed by atoms with E-state index in [2.05, 4.69) is 37.3 Å². The van der Waals surface area contributed by atoms with Gasteiger partial charge in [-0.2, -0.15) is 0 Å². The third kappa shape index (κ3) is 2.20. The van der Waals surface area contributed by atoms with Crippen LogP contribution in [0.25, 0.3) is 0 Å². The summed E-state index contributed by atoms with van der Waals surface area (Å²) in [6, 6.07) is 16.5. The smallest absolute Gasteiger partial charge is 0.257 e. The molecule has 3 heteroatoms. The number of hydrogen-bond acceptors (Lipinski definition) is 2. The minimum absolute atomic E-state index is 0.118. The Bertz CT molecular complexity index is 844. The van der Waals surface area contributed by atoms with E-state index in [1.165, 1.54) is 31.2 Å². The van der Waals surface area contributed by atoms with Gasteiger partial charge in [-0.3, -0.25) is 4.79 Å². The Morgan fingerprint density at radius 2 is 1.73 bits per heavy atom. The van der Waals surface area contributed by atoms with Crippen molar-refractivity contribution < 1.29 is 9.53 Å². The maximum absolute atomic E-state index is 13.3. The van der Waals surface area contributed by atoms with Crippen molar-refractivity contribution in [3.8, 4) is 0 Å². The number of rotatable bonds is 1. The minimum atomic E-state index is -0.765. The first-order valence-corrected chi connectivity index (χ1v) is 9.83. The molecule has 1 saturated carbocycles. The van der Waals surface area contributed by atoms with Gasteiger partial charge in [-0.25, -0.2) is 0 Å². The van der Waals surface area contributed by atoms with Crippen molar-refractivity contribution >= 4 is 5.91 Å². The third-order valence-corrected chi connectivity index (χ3v) is 6.58. The van der Waals surface area contributed by atoms with Crippen LogP contribution in [0.15, 0.2) is 48.5 Å². The van der Waals surface area contributed by atoms with E-state index in [1.807, 2.05) is 23.1 Å². The summed E-state index contributed by atoms with van der Waals surface area (Å²) in [7, 11) is 0. The Labute approximate surface area is 155 Å². The van der Waals surface area contributed by atoms with Crippen molar-refractivity contribution in [2.75, 3.05) is 13.2 Å². The van der Waals surface area contributed by atoms with Crippen molar-refractivity contribution in [1.82, 2.24) is 4.90 Å². The first-order valence-electron chi connectivity index (χ1n) is 9.83. The molecule has 2 aromatic carbocycles. The largest absolute Gasteiger partial charge is 0.347 e. The highest BCUT2D eigenvalue weighted by atomic mass is 16.5. The van der Waals surface area contributed by atoms with Crippen LogP contribution in [0.2, 0.25) is 0 Å². The molecule has 0 spiro atoms. The van der Waals surface area contributed by atoms with Crippen LogP contribution in [0.1, 0.15) is 52.7 Å². The second-order valence-corrected chi connectivity index (χ2v) is 8.09. The number of fused-ring (bicyclic) bond motifs is 4. The maximum Gasteiger partial charge on any atom is 0.257 e. The molecule has 2 aromatic rings. The highest BCUT2D eigenvalue weighted by molar-refractivity contribution is 6.00. The molecular formula is C23H25NO2. The molecule has 1 saturated heterocycles. The van der Waals surface area contributed by atoms with Crippen LogP contribution in [-0.2, 0) is 10.5 Å². The Balaban J connectivity index is 1.70. The first-order chi connectivity index (χ1) is 12.7. The summed E-state index contributed by atoms with van der Waals surface area (Å²) in [5, 5.41) is 0. The summed E-state index contributed by atoms with van der Waals surface area (Å²) in [4.78, 5) is 15.4. The van der Waals surface area contributed by atoms with Gasteiger partial charge in [-0.1, -0.05) is 60.9 Å². The average Bonchev–Trinajstić information content (AvgIpc) is 2.81. The van der Waals surface area contributed by atoms with Gasteiger partial charge in [-0.15, -0.1) is 0 Å². The molecule has 3 aliphatic rings. The number of carbonyl (C=O) groups is 1. The minimum Gasteiger partial charge on any atom is -0.347 e. The Kier molecular flexibility index (Phi) is 3.68. The standard InChI is InChI=1S/C23H25NO2/c1-16-10-12-19(13-11-16)23-21-9-5-4-8-20(21)22(25)24(23)14-17-6-2-3-7-18(17)15-26-23/h4-5,8-13,17-18H,2-3,6-7,14-15H2,1H3/t17-,18+,23+/m0/s1. The van der Waals surface area contributed by atoms with Gasteiger partial charge in [0.15, 0.2) is 5.72 Å². The fourth-order valence-corrected chi connectivity index (χ4v) is 5.15. The lowest BCUT2D eigenvalue weighted by Crippen LogP contribution is -2.47. The van der Waals surface area contributed by atoms with E-state index in [0.717, 1.165) is 29.8 Å². The molecule has 5 rings (SSSR count). The number of ether oxygens (including phenoxy) is 1. The molecule has 2 aliphatic heterocycles. The Morgan fingerprint density at radius 1 is 1.00 bits per heavy atom. The summed E-state index contributed by atoms with van der Waals surface area (Å²) in [6.45, 7) is 3.62. The molecule has 2 fully saturated rings. The second-order valence-electron chi connectivity index (χ2n) is 8.09. The van der Waals surface area contributed by atoms with Crippen molar-refractivity contribution in [3.63, 3.8) is 0 Å². The maximum atomic E-state index is 13.3. The van der Waals surface area contributed by atoms with Crippen molar-refractivity contribution in [3.05, 3.63) is 70.8 Å². The van der Waals surface area contributed by atoms with E-state index in [-0.39, 0.29) is 5.91 Å². The van der Waals surface area contributed by atoms with E-state index in [9.17, 15) is 4.79 Å². The van der Waals surface area contributed by atoms with Crippen molar-refractivity contribution in [2.24, 2.45) is 11.8 Å². The Morgan fingerprint density at radius 3 is 2.54 bits per heavy atom. The van der Waals surface area contributed by atoms with Gasteiger partial charge in [0.2, 0.25) is 0 Å². The van der Waals surface area contributed by atoms with Crippen LogP contribution in [0.3, 0.4) is 0 Å². The monoisotopic (exact) mass is 347 g/mol. The lowest BCUT2D eigenvalue weighted by molar-refractivity contribution is -0.100. The molecule has 0 N–H and O–H groups in total. The summed E-state index contributed by atoms with van der Waals surface area (Å²) < 4.78 is 6.71. The second kappa shape index (κ2) is 5.95. The van der Waals surface area contributed by atoms with Crippen molar-refractivity contribution in [1.29, 1.82) is 0 Å². The van der Waals surface area contributed by atoms with E-state index in [0.29, 0.717) is 11.8 Å². The number of amides is 1. The topological polar surface area (TPSA) is 29.5 Å². The molecule has 134 valence electrons. The molecule has 26 heavy (non-hydrogen) atoms. The molecule has 0 unspecified atom stereocenters. The lowest BCUT2D eigenvalue weighted by atomic mass is 9.79. The molecule has 3 atom stereocenters. The molecule has 0 bridgehead atoms. The summed E-state index contributed by atoms with van der Waals surface area (Å²) in [5.41, 5.74) is 3.32. The Hall–Kier alpha value is -2.13. The van der Waals surface area contributed by atoms with E-state index in [4.69, 9.17) is 4.74 Å². The third-order valence-electron chi connectivity index (χ3n) is 6.58. The van der Waals surface area contributed by atoms with E-state index < -0.39 is 5.72 Å². The van der Waals surface area contributed by atoms with Crippen LogP contribution >= 0.6 is 0 Å². The number of carbonyl (C=O) groups excluding carboxylic acids is 1. The average molecular weight is 347 g/mol. The normalized spacial score (nSPS) is 30.3. The van der Waals surface area contributed by atoms with Crippen LogP contribution in [0.4, 0.5) is 0 Å². The molecule has 3 nitrogen and oxygen atoms in total. The summed E-state index contributed by atoms with van der Waals surface area (Å²) in [5.74, 6) is 1.23. The number of hydrogen-bond donors (Lipinski definition) is 0. The number of benzene rings is 2. The lowest BCUT2D eigenvalue weighted by Gasteiger charge is -2.38. The van der Waals surface area contributed by atoms with Crippen LogP contribution in [-0.4, -0.2) is 24.0 Å². The zero-order valence-electron chi connectivity index (χ0n) is 15.3. The molecular weight excluding hydrogens is 322 g/mol. The number of aryl methyl sites for hydroxylation is 1. The number of nitrogens with zero attached hydrogens (tertiary/aromatic N) is 1. The fraction of sp³-hybridized carbons (Fsp3) is 0.435. The van der Waals surface area contributed by atoms with Gasteiger partial charge >= 0.3 is 0 Å². The van der Waals surface area contributed by atoms with E-state index >= 15 is 0 Å². The molecule has 1 aliphatic carbocycles. The quantitative estimate of drug-likeness (QED) is 0.761. The summed E-state index contributed by atoms with van der Waals surface area (Å²) in [6.07, 6.45) is 4.98. The molecule has 1 amide bonds. The highest BCUT2D eigenvalue weighted by Crippen LogP contribution is 2.49.